The van der Waals surface area contributed by atoms with Crippen LogP contribution in [-0.2, 0) is 6.54 Å². The van der Waals surface area contributed by atoms with Crippen LogP contribution in [0.25, 0.3) is 11.5 Å². The number of nitrogens with two attached hydrogens (primary N) is 1. The number of anilines is 1. The van der Waals surface area contributed by atoms with Crippen molar-refractivity contribution in [3.63, 3.8) is 0 Å². The van der Waals surface area contributed by atoms with Crippen LogP contribution < -0.4 is 11.1 Å². The average Bonchev–Trinajstić information content (AvgIpc) is 3.15. The summed E-state index contributed by atoms with van der Waals surface area (Å²) in [4.78, 5) is 20.2. The van der Waals surface area contributed by atoms with Crippen LogP contribution in [0.4, 0.5) is 5.95 Å². The predicted molar refractivity (Wildman–Crippen MR) is 78.6 cm³/mol. The van der Waals surface area contributed by atoms with Crippen molar-refractivity contribution in [1.82, 2.24) is 25.5 Å². The third-order valence-electron chi connectivity index (χ3n) is 2.97. The number of hydrogen-bond acceptors (Lipinski definition) is 6. The van der Waals surface area contributed by atoms with E-state index in [-0.39, 0.29) is 17.5 Å². The summed E-state index contributed by atoms with van der Waals surface area (Å²) in [6, 6.07) is 6.89. The number of hydrogen-bond donors (Lipinski definition) is 3. The molecule has 0 aliphatic rings. The first-order valence-electron chi connectivity index (χ1n) is 6.59. The summed E-state index contributed by atoms with van der Waals surface area (Å²) in [5.41, 5.74) is 7.10. The zero-order valence-corrected chi connectivity index (χ0v) is 11.8. The summed E-state index contributed by atoms with van der Waals surface area (Å²) in [6.07, 6.45) is 1.61. The summed E-state index contributed by atoms with van der Waals surface area (Å²) in [5, 5.41) is 9.29. The number of rotatable bonds is 4. The van der Waals surface area contributed by atoms with Gasteiger partial charge in [0.25, 0.3) is 5.91 Å². The first-order chi connectivity index (χ1) is 10.6. The van der Waals surface area contributed by atoms with Crippen LogP contribution in [-0.4, -0.2) is 26.1 Å². The van der Waals surface area contributed by atoms with E-state index < -0.39 is 0 Å². The van der Waals surface area contributed by atoms with Crippen LogP contribution in [0.2, 0.25) is 0 Å². The van der Waals surface area contributed by atoms with E-state index in [1.807, 2.05) is 13.0 Å². The highest BCUT2D eigenvalue weighted by molar-refractivity contribution is 5.93. The Hall–Kier alpha value is -3.16. The molecule has 112 valence electrons. The molecule has 0 saturated carbocycles. The number of carbonyl (C=O) groups is 1. The summed E-state index contributed by atoms with van der Waals surface area (Å²) in [6.45, 7) is 2.14. The highest BCUT2D eigenvalue weighted by atomic mass is 16.3. The minimum atomic E-state index is -0.353. The number of H-pyrrole nitrogens is 1. The van der Waals surface area contributed by atoms with Gasteiger partial charge < -0.3 is 15.5 Å². The lowest BCUT2D eigenvalue weighted by atomic mass is 10.2. The van der Waals surface area contributed by atoms with Crippen LogP contribution in [0.3, 0.4) is 0 Å². The van der Waals surface area contributed by atoms with Crippen molar-refractivity contribution in [3.05, 3.63) is 47.6 Å². The van der Waals surface area contributed by atoms with Gasteiger partial charge in [-0.15, -0.1) is 0 Å². The fourth-order valence-corrected chi connectivity index (χ4v) is 1.93. The van der Waals surface area contributed by atoms with Crippen molar-refractivity contribution >= 4 is 11.9 Å². The Morgan fingerprint density at radius 3 is 2.91 bits per heavy atom. The normalized spacial score (nSPS) is 10.6. The van der Waals surface area contributed by atoms with Crippen LogP contribution >= 0.6 is 0 Å². The maximum atomic E-state index is 12.2. The molecule has 0 aromatic carbocycles. The Bertz CT molecular complexity index is 794. The Morgan fingerprint density at radius 2 is 2.23 bits per heavy atom. The average molecular weight is 298 g/mol. The first kappa shape index (κ1) is 13.8. The Morgan fingerprint density at radius 1 is 1.36 bits per heavy atom. The van der Waals surface area contributed by atoms with Crippen LogP contribution in [0, 0.1) is 6.92 Å². The number of nitrogens with zero attached hydrogens (tertiary/aromatic N) is 3. The van der Waals surface area contributed by atoms with Crippen LogP contribution in [0.1, 0.15) is 21.9 Å². The zero-order chi connectivity index (χ0) is 15.5. The van der Waals surface area contributed by atoms with Crippen molar-refractivity contribution in [2.45, 2.75) is 13.5 Å². The number of aromatic amines is 1. The maximum absolute atomic E-state index is 12.2. The predicted octanol–water partition coefficient (Wildman–Crippen LogP) is 1.28. The third-order valence-corrected chi connectivity index (χ3v) is 2.97. The second kappa shape index (κ2) is 5.68. The van der Waals surface area contributed by atoms with Gasteiger partial charge >= 0.3 is 0 Å². The third kappa shape index (κ3) is 2.95. The first-order valence-corrected chi connectivity index (χ1v) is 6.59. The van der Waals surface area contributed by atoms with Crippen molar-refractivity contribution < 1.29 is 9.21 Å². The van der Waals surface area contributed by atoms with E-state index in [0.717, 1.165) is 11.5 Å². The fraction of sp³-hybridized carbons (Fsp3) is 0.143. The van der Waals surface area contributed by atoms with E-state index >= 15 is 0 Å². The molecule has 8 nitrogen and oxygen atoms in total. The molecule has 3 aromatic heterocycles. The Kier molecular flexibility index (Phi) is 3.57. The summed E-state index contributed by atoms with van der Waals surface area (Å²) < 4.78 is 5.49. The second-order valence-electron chi connectivity index (χ2n) is 4.67. The molecule has 0 fully saturated rings. The number of carbonyl (C=O) groups excluding carboxylic acids is 1. The highest BCUT2D eigenvalue weighted by Gasteiger charge is 2.13. The molecule has 3 heterocycles. The van der Waals surface area contributed by atoms with Gasteiger partial charge in [0, 0.05) is 6.20 Å². The molecule has 0 bridgehead atoms. The molecule has 1 amide bonds. The van der Waals surface area contributed by atoms with Gasteiger partial charge in [0.15, 0.2) is 5.76 Å². The van der Waals surface area contributed by atoms with Gasteiger partial charge in [0.05, 0.1) is 12.2 Å². The van der Waals surface area contributed by atoms with Crippen molar-refractivity contribution in [1.29, 1.82) is 0 Å². The standard InChI is InChI=1S/C14H14N6O2/c1-8-2-3-12(22-8)10-6-11(19-14(15)18-10)13(21)16-7-9-4-5-17-20-9/h2-6H,7H2,1H3,(H,16,21)(H,17,20)(H2,15,18,19). The van der Waals surface area contributed by atoms with Gasteiger partial charge in [-0.3, -0.25) is 9.89 Å². The molecule has 8 heteroatoms. The molecule has 0 radical (unpaired) electrons. The number of nitrogens with one attached hydrogen (secondary N) is 2. The SMILES string of the molecule is Cc1ccc(-c2cc(C(=O)NCc3ccn[nH]3)nc(N)n2)o1. The fourth-order valence-electron chi connectivity index (χ4n) is 1.93. The van der Waals surface area contributed by atoms with Gasteiger partial charge in [-0.1, -0.05) is 0 Å². The summed E-state index contributed by atoms with van der Waals surface area (Å²) >= 11 is 0. The van der Waals surface area contributed by atoms with E-state index in [0.29, 0.717) is 18.0 Å². The zero-order valence-electron chi connectivity index (χ0n) is 11.8. The maximum Gasteiger partial charge on any atom is 0.270 e. The minimum absolute atomic E-state index is 0.0123. The van der Waals surface area contributed by atoms with Crippen molar-refractivity contribution in [2.24, 2.45) is 0 Å². The minimum Gasteiger partial charge on any atom is -0.460 e. The van der Waals surface area contributed by atoms with Gasteiger partial charge in [-0.2, -0.15) is 5.10 Å². The van der Waals surface area contributed by atoms with Crippen molar-refractivity contribution in [2.75, 3.05) is 5.73 Å². The Balaban J connectivity index is 1.81. The highest BCUT2D eigenvalue weighted by Crippen LogP contribution is 2.21. The molecule has 3 aromatic rings. The van der Waals surface area contributed by atoms with Crippen LogP contribution in [0.15, 0.2) is 34.9 Å². The molecule has 0 spiro atoms. The van der Waals surface area contributed by atoms with Gasteiger partial charge in [-0.25, -0.2) is 9.97 Å². The number of amides is 1. The van der Waals surface area contributed by atoms with Crippen molar-refractivity contribution in [3.8, 4) is 11.5 Å². The van der Waals surface area contributed by atoms with E-state index in [9.17, 15) is 4.79 Å². The topological polar surface area (TPSA) is 123 Å². The molecule has 0 atom stereocenters. The summed E-state index contributed by atoms with van der Waals surface area (Å²) in [5.74, 6) is 0.943. The molecular formula is C14H14N6O2. The van der Waals surface area contributed by atoms with E-state index in [4.69, 9.17) is 10.2 Å². The van der Waals surface area contributed by atoms with E-state index in [1.165, 1.54) is 6.07 Å². The lowest BCUT2D eigenvalue weighted by molar-refractivity contribution is 0.0945. The van der Waals surface area contributed by atoms with Gasteiger partial charge in [-0.05, 0) is 31.2 Å². The molecule has 0 aliphatic carbocycles. The molecule has 3 rings (SSSR count). The molecule has 22 heavy (non-hydrogen) atoms. The number of nitrogen functional groups attached to an aromatic ring is 1. The molecule has 0 saturated heterocycles. The summed E-state index contributed by atoms with van der Waals surface area (Å²) in [7, 11) is 0. The second-order valence-corrected chi connectivity index (χ2v) is 4.67. The molecule has 0 aliphatic heterocycles. The van der Waals surface area contributed by atoms with Gasteiger partial charge in [0.1, 0.15) is 17.1 Å². The number of furan rings is 1. The van der Waals surface area contributed by atoms with E-state index in [2.05, 4.69) is 25.5 Å². The smallest absolute Gasteiger partial charge is 0.270 e. The van der Waals surface area contributed by atoms with E-state index in [1.54, 1.807) is 18.3 Å². The van der Waals surface area contributed by atoms with Gasteiger partial charge in [0.2, 0.25) is 5.95 Å². The van der Waals surface area contributed by atoms with Crippen LogP contribution in [0.5, 0.6) is 0 Å². The monoisotopic (exact) mass is 298 g/mol. The molecular weight excluding hydrogens is 284 g/mol. The number of aryl methyl sites for hydroxylation is 1. The molecule has 0 unspecified atom stereocenters. The number of aromatic nitrogens is 4. The lowest BCUT2D eigenvalue weighted by Crippen LogP contribution is -2.24. The lowest BCUT2D eigenvalue weighted by Gasteiger charge is -2.05. The molecule has 4 N–H and O–H groups in total. The largest absolute Gasteiger partial charge is 0.460 e. The quantitative estimate of drug-likeness (QED) is 0.666. The Labute approximate surface area is 125 Å².